The third-order valence-corrected chi connectivity index (χ3v) is 6.88. The van der Waals surface area contributed by atoms with Crippen LogP contribution in [-0.4, -0.2) is 49.2 Å². The van der Waals surface area contributed by atoms with Crippen LogP contribution in [-0.2, 0) is 27.2 Å². The highest BCUT2D eigenvalue weighted by Crippen LogP contribution is 2.43. The summed E-state index contributed by atoms with van der Waals surface area (Å²) in [5.74, 6) is 0.390. The van der Waals surface area contributed by atoms with Crippen LogP contribution in [0.25, 0.3) is 11.0 Å². The zero-order valence-corrected chi connectivity index (χ0v) is 20.6. The summed E-state index contributed by atoms with van der Waals surface area (Å²) in [5.41, 5.74) is 1.44. The second kappa shape index (κ2) is 9.31. The lowest BCUT2D eigenvalue weighted by molar-refractivity contribution is -0.151. The Balaban J connectivity index is 1.67. The van der Waals surface area contributed by atoms with E-state index in [9.17, 15) is 14.4 Å². The first-order valence-electron chi connectivity index (χ1n) is 11.9. The number of esters is 1. The first-order valence-corrected chi connectivity index (χ1v) is 11.9. The van der Waals surface area contributed by atoms with Gasteiger partial charge in [0.2, 0.25) is 5.91 Å². The summed E-state index contributed by atoms with van der Waals surface area (Å²) in [6.07, 6.45) is 2.83. The van der Waals surface area contributed by atoms with Gasteiger partial charge in [0, 0.05) is 24.7 Å². The second-order valence-electron chi connectivity index (χ2n) is 9.72. The number of piperidine rings is 1. The monoisotopic (exact) mass is 471 g/mol. The van der Waals surface area contributed by atoms with E-state index in [-0.39, 0.29) is 29.8 Å². The number of carbonyl (C=O) groups is 2. The van der Waals surface area contributed by atoms with Crippen molar-refractivity contribution in [2.75, 3.05) is 26.8 Å². The molecule has 34 heavy (non-hydrogen) atoms. The van der Waals surface area contributed by atoms with Crippen LogP contribution in [0.15, 0.2) is 15.3 Å². The molecule has 184 valence electrons. The molecule has 0 radical (unpaired) electrons. The lowest BCUT2D eigenvalue weighted by atomic mass is 9.91. The molecule has 0 saturated carbocycles. The highest BCUT2D eigenvalue weighted by molar-refractivity contribution is 5.93. The van der Waals surface area contributed by atoms with Gasteiger partial charge < -0.3 is 23.5 Å². The van der Waals surface area contributed by atoms with Crippen molar-refractivity contribution in [3.05, 3.63) is 33.2 Å². The quantitative estimate of drug-likeness (QED) is 0.486. The number of methoxy groups -OCH3 is 1. The molecule has 0 spiro atoms. The van der Waals surface area contributed by atoms with Gasteiger partial charge in [-0.2, -0.15) is 0 Å². The fraction of sp³-hybridized carbons (Fsp3) is 0.577. The molecule has 4 rings (SSSR count). The SMILES string of the molecule is CCOC(=O)C1CCCN(C(=O)Cc2c(C)c3c(OC)cc4c(c3oc2=O)CCC(C)(C)O4)C1. The molecule has 1 saturated heterocycles. The molecule has 2 aliphatic heterocycles. The van der Waals surface area contributed by atoms with Gasteiger partial charge in [-0.1, -0.05) is 0 Å². The number of hydrogen-bond acceptors (Lipinski definition) is 7. The number of rotatable bonds is 5. The van der Waals surface area contributed by atoms with Crippen molar-refractivity contribution >= 4 is 22.8 Å². The van der Waals surface area contributed by atoms with Crippen molar-refractivity contribution in [1.29, 1.82) is 0 Å². The van der Waals surface area contributed by atoms with Crippen LogP contribution in [0, 0.1) is 12.8 Å². The van der Waals surface area contributed by atoms with E-state index in [1.165, 1.54) is 0 Å². The molecule has 1 amide bonds. The van der Waals surface area contributed by atoms with Gasteiger partial charge in [0.1, 0.15) is 22.7 Å². The van der Waals surface area contributed by atoms with Gasteiger partial charge in [0.15, 0.2) is 0 Å². The highest BCUT2D eigenvalue weighted by Gasteiger charge is 2.33. The summed E-state index contributed by atoms with van der Waals surface area (Å²) in [4.78, 5) is 40.0. The first-order chi connectivity index (χ1) is 16.1. The maximum atomic E-state index is 13.1. The lowest BCUT2D eigenvalue weighted by Gasteiger charge is -2.33. The number of amides is 1. The standard InChI is InChI=1S/C26H33NO7/c1-6-32-24(29)16-8-7-11-27(14-16)21(28)12-18-15(2)22-20(31-5)13-19-17(23(22)33-25(18)30)9-10-26(3,4)34-19/h13,16H,6-12,14H2,1-5H3. The van der Waals surface area contributed by atoms with Crippen LogP contribution in [0.3, 0.4) is 0 Å². The number of nitrogens with zero attached hydrogens (tertiary/aromatic N) is 1. The number of carbonyl (C=O) groups excluding carboxylic acids is 2. The summed E-state index contributed by atoms with van der Waals surface area (Å²) < 4.78 is 22.7. The van der Waals surface area contributed by atoms with E-state index in [2.05, 4.69) is 0 Å². The van der Waals surface area contributed by atoms with Crippen LogP contribution >= 0.6 is 0 Å². The maximum Gasteiger partial charge on any atom is 0.340 e. The summed E-state index contributed by atoms with van der Waals surface area (Å²) in [6.45, 7) is 8.81. The van der Waals surface area contributed by atoms with Gasteiger partial charge in [0.25, 0.3) is 0 Å². The predicted molar refractivity (Wildman–Crippen MR) is 126 cm³/mol. The summed E-state index contributed by atoms with van der Waals surface area (Å²) in [6, 6.07) is 1.84. The molecule has 0 N–H and O–H groups in total. The summed E-state index contributed by atoms with van der Waals surface area (Å²) in [7, 11) is 1.56. The maximum absolute atomic E-state index is 13.1. The molecule has 0 aliphatic carbocycles. The van der Waals surface area contributed by atoms with Crippen LogP contribution in [0.5, 0.6) is 11.5 Å². The van der Waals surface area contributed by atoms with Crippen molar-refractivity contribution in [1.82, 2.24) is 4.90 Å². The van der Waals surface area contributed by atoms with E-state index in [1.807, 2.05) is 26.8 Å². The van der Waals surface area contributed by atoms with Crippen molar-refractivity contribution in [2.24, 2.45) is 5.92 Å². The normalized spacial score (nSPS) is 19.3. The van der Waals surface area contributed by atoms with E-state index in [0.29, 0.717) is 66.1 Å². The molecule has 1 atom stereocenters. The number of benzene rings is 1. The Morgan fingerprint density at radius 3 is 2.76 bits per heavy atom. The largest absolute Gasteiger partial charge is 0.496 e. The van der Waals surface area contributed by atoms with E-state index in [1.54, 1.807) is 18.9 Å². The topological polar surface area (TPSA) is 95.3 Å². The Hall–Kier alpha value is -3.03. The molecule has 1 aromatic heterocycles. The van der Waals surface area contributed by atoms with Crippen molar-refractivity contribution in [3.8, 4) is 11.5 Å². The molecule has 1 fully saturated rings. The first kappa shape index (κ1) is 24.1. The van der Waals surface area contributed by atoms with Gasteiger partial charge >= 0.3 is 11.6 Å². The minimum atomic E-state index is -0.530. The van der Waals surface area contributed by atoms with Crippen LogP contribution in [0.2, 0.25) is 0 Å². The third-order valence-electron chi connectivity index (χ3n) is 6.88. The molecule has 1 aromatic carbocycles. The van der Waals surface area contributed by atoms with Crippen LogP contribution < -0.4 is 15.1 Å². The summed E-state index contributed by atoms with van der Waals surface area (Å²) in [5, 5.41) is 0.690. The highest BCUT2D eigenvalue weighted by atomic mass is 16.5. The average molecular weight is 472 g/mol. The molecule has 1 unspecified atom stereocenters. The number of fused-ring (bicyclic) bond motifs is 3. The molecular weight excluding hydrogens is 438 g/mol. The van der Waals surface area contributed by atoms with Gasteiger partial charge in [-0.3, -0.25) is 9.59 Å². The van der Waals surface area contributed by atoms with Gasteiger partial charge in [-0.15, -0.1) is 0 Å². The number of hydrogen-bond donors (Lipinski definition) is 0. The van der Waals surface area contributed by atoms with Crippen molar-refractivity contribution in [3.63, 3.8) is 0 Å². The molecule has 0 bridgehead atoms. The predicted octanol–water partition coefficient (Wildman–Crippen LogP) is 3.56. The summed E-state index contributed by atoms with van der Waals surface area (Å²) >= 11 is 0. The number of ether oxygens (including phenoxy) is 3. The molecule has 2 aliphatic rings. The van der Waals surface area contributed by atoms with Gasteiger partial charge in [-0.25, -0.2) is 4.79 Å². The van der Waals surface area contributed by atoms with E-state index < -0.39 is 5.63 Å². The average Bonchev–Trinajstić information content (AvgIpc) is 2.80. The Labute approximate surface area is 199 Å². The molecule has 8 heteroatoms. The Morgan fingerprint density at radius 2 is 2.06 bits per heavy atom. The molecular formula is C26H33NO7. The lowest BCUT2D eigenvalue weighted by Crippen LogP contribution is -2.43. The van der Waals surface area contributed by atoms with E-state index in [4.69, 9.17) is 18.6 Å². The smallest absolute Gasteiger partial charge is 0.340 e. The van der Waals surface area contributed by atoms with Crippen LogP contribution in [0.4, 0.5) is 0 Å². The van der Waals surface area contributed by atoms with Gasteiger partial charge in [0.05, 0.1) is 37.0 Å². The van der Waals surface area contributed by atoms with E-state index >= 15 is 0 Å². The van der Waals surface area contributed by atoms with Gasteiger partial charge in [-0.05, 0) is 58.9 Å². The van der Waals surface area contributed by atoms with E-state index in [0.717, 1.165) is 18.4 Å². The third kappa shape index (κ3) is 4.50. The molecule has 2 aromatic rings. The number of likely N-dealkylation sites (tertiary alicyclic amines) is 1. The van der Waals surface area contributed by atoms with Crippen LogP contribution in [0.1, 0.15) is 56.7 Å². The fourth-order valence-electron chi connectivity index (χ4n) is 4.97. The minimum absolute atomic E-state index is 0.0938. The zero-order valence-electron chi connectivity index (χ0n) is 20.6. The Bertz CT molecular complexity index is 1180. The fourth-order valence-corrected chi connectivity index (χ4v) is 4.97. The Morgan fingerprint density at radius 1 is 1.29 bits per heavy atom. The van der Waals surface area contributed by atoms with Crippen molar-refractivity contribution in [2.45, 2.75) is 65.4 Å². The minimum Gasteiger partial charge on any atom is -0.496 e. The number of aryl methyl sites for hydroxylation is 2. The van der Waals surface area contributed by atoms with Crippen molar-refractivity contribution < 1.29 is 28.2 Å². The second-order valence-corrected chi connectivity index (χ2v) is 9.72. The zero-order chi connectivity index (χ0) is 24.6. The molecule has 3 heterocycles. The Kier molecular flexibility index (Phi) is 6.60. The molecule has 8 nitrogen and oxygen atoms in total.